The number of imide groups is 1. The zero-order chi connectivity index (χ0) is 17.5. The Kier molecular flexibility index (Phi) is 4.03. The maximum atomic E-state index is 14.0. The molecule has 1 heterocycles. The Labute approximate surface area is 139 Å². The molecule has 1 aliphatic carbocycles. The van der Waals surface area contributed by atoms with Crippen molar-refractivity contribution in [2.75, 3.05) is 6.54 Å². The summed E-state index contributed by atoms with van der Waals surface area (Å²) in [6, 6.07) is 5.11. The average molecular weight is 333 g/mol. The Morgan fingerprint density at radius 1 is 1.42 bits per heavy atom. The molecule has 1 aromatic carbocycles. The molecule has 6 nitrogen and oxygen atoms in total. The number of amides is 4. The Bertz CT molecular complexity index is 704. The molecule has 3 rings (SSSR count). The van der Waals surface area contributed by atoms with Crippen LogP contribution in [0.15, 0.2) is 24.3 Å². The highest BCUT2D eigenvalue weighted by Crippen LogP contribution is 2.32. The summed E-state index contributed by atoms with van der Waals surface area (Å²) < 4.78 is 14.0. The first-order valence-electron chi connectivity index (χ1n) is 8.01. The Hall–Kier alpha value is -2.44. The second kappa shape index (κ2) is 5.89. The van der Waals surface area contributed by atoms with Crippen molar-refractivity contribution in [2.45, 2.75) is 38.3 Å². The zero-order valence-electron chi connectivity index (χ0n) is 13.6. The highest BCUT2D eigenvalue weighted by Gasteiger charge is 2.50. The summed E-state index contributed by atoms with van der Waals surface area (Å²) in [6.07, 6.45) is 2.16. The number of nitrogens with zero attached hydrogens (tertiary/aromatic N) is 1. The lowest BCUT2D eigenvalue weighted by Gasteiger charge is -2.22. The first kappa shape index (κ1) is 16.4. The summed E-state index contributed by atoms with van der Waals surface area (Å²) >= 11 is 0. The number of hydrogen-bond acceptors (Lipinski definition) is 3. The molecule has 0 radical (unpaired) electrons. The first-order chi connectivity index (χ1) is 11.3. The third-order valence-corrected chi connectivity index (χ3v) is 4.71. The van der Waals surface area contributed by atoms with Gasteiger partial charge in [-0.1, -0.05) is 18.2 Å². The molecule has 2 N–H and O–H groups in total. The first-order valence-corrected chi connectivity index (χ1v) is 8.01. The van der Waals surface area contributed by atoms with Crippen LogP contribution in [-0.4, -0.2) is 35.3 Å². The molecule has 24 heavy (non-hydrogen) atoms. The normalized spacial score (nSPS) is 24.7. The average Bonchev–Trinajstić information content (AvgIpc) is 3.33. The molecule has 1 aromatic rings. The fraction of sp³-hybridized carbons (Fsp3) is 0.471. The molecule has 7 heteroatoms. The van der Waals surface area contributed by atoms with Gasteiger partial charge < -0.3 is 10.6 Å². The fourth-order valence-electron chi connectivity index (χ4n) is 3.05. The van der Waals surface area contributed by atoms with Gasteiger partial charge in [0.15, 0.2) is 0 Å². The van der Waals surface area contributed by atoms with Crippen LogP contribution < -0.4 is 10.6 Å². The monoisotopic (exact) mass is 333 g/mol. The van der Waals surface area contributed by atoms with Crippen LogP contribution in [0.1, 0.15) is 32.3 Å². The van der Waals surface area contributed by atoms with Gasteiger partial charge in [-0.05, 0) is 38.7 Å². The molecule has 0 aromatic heterocycles. The zero-order valence-corrected chi connectivity index (χ0v) is 13.6. The Morgan fingerprint density at radius 2 is 2.08 bits per heavy atom. The number of rotatable bonds is 5. The molecule has 0 spiro atoms. The molecule has 2 atom stereocenters. The number of hydrogen-bond donors (Lipinski definition) is 2. The molecule has 1 aliphatic heterocycles. The van der Waals surface area contributed by atoms with Gasteiger partial charge in [-0.25, -0.2) is 9.18 Å². The molecule has 4 amide bonds. The van der Waals surface area contributed by atoms with E-state index in [2.05, 4.69) is 10.6 Å². The minimum Gasteiger partial charge on any atom is -0.352 e. The fourth-order valence-corrected chi connectivity index (χ4v) is 3.05. The van der Waals surface area contributed by atoms with Crippen molar-refractivity contribution < 1.29 is 18.8 Å². The van der Waals surface area contributed by atoms with Crippen LogP contribution in [0.3, 0.4) is 0 Å². The highest BCUT2D eigenvalue weighted by atomic mass is 19.1. The van der Waals surface area contributed by atoms with Gasteiger partial charge in [-0.2, -0.15) is 0 Å². The van der Waals surface area contributed by atoms with E-state index in [-0.39, 0.29) is 18.2 Å². The molecule has 2 fully saturated rings. The van der Waals surface area contributed by atoms with Gasteiger partial charge in [-0.3, -0.25) is 14.5 Å². The molecule has 1 saturated carbocycles. The van der Waals surface area contributed by atoms with E-state index in [1.54, 1.807) is 6.07 Å². The standard InChI is InChI=1S/C17H20FN3O3/c1-10(11-7-8-11)19-14(22)9-21-15(23)17(2,20-16(21)24)12-5-3-4-6-13(12)18/h3-6,10-11H,7-9H2,1-2H3,(H,19,22)(H,20,24)/t10-,17-/m0/s1. The van der Waals surface area contributed by atoms with E-state index in [1.165, 1.54) is 25.1 Å². The predicted octanol–water partition coefficient (Wildman–Crippen LogP) is 1.51. The van der Waals surface area contributed by atoms with Gasteiger partial charge in [0.25, 0.3) is 5.91 Å². The van der Waals surface area contributed by atoms with Crippen molar-refractivity contribution in [2.24, 2.45) is 5.92 Å². The lowest BCUT2D eigenvalue weighted by Crippen LogP contribution is -2.45. The maximum Gasteiger partial charge on any atom is 0.325 e. The van der Waals surface area contributed by atoms with Crippen LogP contribution in [0.25, 0.3) is 0 Å². The van der Waals surface area contributed by atoms with E-state index < -0.39 is 29.2 Å². The van der Waals surface area contributed by atoms with Crippen LogP contribution in [0.2, 0.25) is 0 Å². The van der Waals surface area contributed by atoms with E-state index in [9.17, 15) is 18.8 Å². The van der Waals surface area contributed by atoms with E-state index in [4.69, 9.17) is 0 Å². The SMILES string of the molecule is C[C@H](NC(=O)CN1C(=O)N[C@@](C)(c2ccccc2F)C1=O)C1CC1. The number of halogens is 1. The number of carbonyl (C=O) groups excluding carboxylic acids is 3. The lowest BCUT2D eigenvalue weighted by atomic mass is 9.91. The Morgan fingerprint density at radius 3 is 2.71 bits per heavy atom. The summed E-state index contributed by atoms with van der Waals surface area (Å²) in [5.74, 6) is -1.13. The van der Waals surface area contributed by atoms with Crippen LogP contribution in [0.4, 0.5) is 9.18 Å². The van der Waals surface area contributed by atoms with Crippen molar-refractivity contribution >= 4 is 17.8 Å². The Balaban J connectivity index is 1.74. The van der Waals surface area contributed by atoms with Gasteiger partial charge in [0.05, 0.1) is 0 Å². The van der Waals surface area contributed by atoms with Crippen LogP contribution in [0, 0.1) is 11.7 Å². The quantitative estimate of drug-likeness (QED) is 0.802. The molecule has 1 saturated heterocycles. The van der Waals surface area contributed by atoms with Crippen molar-refractivity contribution in [3.05, 3.63) is 35.6 Å². The van der Waals surface area contributed by atoms with Crippen LogP contribution >= 0.6 is 0 Å². The third-order valence-electron chi connectivity index (χ3n) is 4.71. The summed E-state index contributed by atoms with van der Waals surface area (Å²) in [5.41, 5.74) is -1.43. The minimum absolute atomic E-state index is 0.0243. The van der Waals surface area contributed by atoms with Gasteiger partial charge in [-0.15, -0.1) is 0 Å². The maximum absolute atomic E-state index is 14.0. The van der Waals surface area contributed by atoms with Crippen LogP contribution in [0.5, 0.6) is 0 Å². The lowest BCUT2D eigenvalue weighted by molar-refractivity contribution is -0.135. The number of urea groups is 1. The van der Waals surface area contributed by atoms with Crippen molar-refractivity contribution in [3.63, 3.8) is 0 Å². The molecule has 128 valence electrons. The highest BCUT2D eigenvalue weighted by molar-refractivity contribution is 6.09. The molecular formula is C17H20FN3O3. The van der Waals surface area contributed by atoms with Gasteiger partial charge in [0, 0.05) is 11.6 Å². The summed E-state index contributed by atoms with van der Waals surface area (Å²) in [4.78, 5) is 37.7. The summed E-state index contributed by atoms with van der Waals surface area (Å²) in [5, 5.41) is 5.30. The van der Waals surface area contributed by atoms with Crippen molar-refractivity contribution in [1.82, 2.24) is 15.5 Å². The van der Waals surface area contributed by atoms with E-state index in [1.807, 2.05) is 6.92 Å². The van der Waals surface area contributed by atoms with Gasteiger partial charge in [0.2, 0.25) is 5.91 Å². The van der Waals surface area contributed by atoms with Crippen LogP contribution in [-0.2, 0) is 15.1 Å². The van der Waals surface area contributed by atoms with E-state index in [0.29, 0.717) is 5.92 Å². The molecule has 0 unspecified atom stereocenters. The second-order valence-electron chi connectivity index (χ2n) is 6.62. The van der Waals surface area contributed by atoms with Gasteiger partial charge in [0.1, 0.15) is 17.9 Å². The number of carbonyl (C=O) groups is 3. The topological polar surface area (TPSA) is 78.5 Å². The van der Waals surface area contributed by atoms with E-state index >= 15 is 0 Å². The summed E-state index contributed by atoms with van der Waals surface area (Å²) in [7, 11) is 0. The molecule has 0 bridgehead atoms. The molecule has 2 aliphatic rings. The number of nitrogens with one attached hydrogen (secondary N) is 2. The number of benzene rings is 1. The predicted molar refractivity (Wildman–Crippen MR) is 84.3 cm³/mol. The second-order valence-corrected chi connectivity index (χ2v) is 6.62. The third kappa shape index (κ3) is 2.86. The molecular weight excluding hydrogens is 313 g/mol. The summed E-state index contributed by atoms with van der Waals surface area (Å²) in [6.45, 7) is 2.98. The van der Waals surface area contributed by atoms with Crippen molar-refractivity contribution in [1.29, 1.82) is 0 Å². The van der Waals surface area contributed by atoms with E-state index in [0.717, 1.165) is 17.7 Å². The van der Waals surface area contributed by atoms with Gasteiger partial charge >= 0.3 is 6.03 Å². The van der Waals surface area contributed by atoms with Crippen molar-refractivity contribution in [3.8, 4) is 0 Å². The minimum atomic E-state index is -1.51. The smallest absolute Gasteiger partial charge is 0.325 e. The largest absolute Gasteiger partial charge is 0.352 e.